The molecule has 5 nitrogen and oxygen atoms in total. The average molecular weight is 404 g/mol. The van der Waals surface area contributed by atoms with Crippen LogP contribution in [0.4, 0.5) is 0 Å². The summed E-state index contributed by atoms with van der Waals surface area (Å²) in [5, 5.41) is 4.20. The van der Waals surface area contributed by atoms with Crippen LogP contribution in [0.3, 0.4) is 0 Å². The lowest BCUT2D eigenvalue weighted by molar-refractivity contribution is -0.124. The molecule has 1 aliphatic rings. The van der Waals surface area contributed by atoms with Crippen LogP contribution in [0.25, 0.3) is 10.9 Å². The van der Waals surface area contributed by atoms with Gasteiger partial charge in [0.2, 0.25) is 5.91 Å². The van der Waals surface area contributed by atoms with Gasteiger partial charge in [0.25, 0.3) is 5.91 Å². The third-order valence-electron chi connectivity index (χ3n) is 6.13. The molecule has 0 spiro atoms. The van der Waals surface area contributed by atoms with Crippen LogP contribution in [0, 0.1) is 5.92 Å². The van der Waals surface area contributed by atoms with Crippen molar-refractivity contribution >= 4 is 22.7 Å². The number of aromatic nitrogens is 1. The number of carbonyl (C=O) groups excluding carboxylic acids is 2. The summed E-state index contributed by atoms with van der Waals surface area (Å²) in [6.45, 7) is 4.93. The molecule has 1 N–H and O–H groups in total. The second kappa shape index (κ2) is 7.98. The maximum Gasteiger partial charge on any atom is 0.254 e. The lowest BCUT2D eigenvalue weighted by Crippen LogP contribution is -2.45. The SMILES string of the molecule is CC(C)CCNC(=O)C1c2ccccc2C(=O)N(C)C1c1cn(C)c2ccccc12. The van der Waals surface area contributed by atoms with E-state index in [9.17, 15) is 9.59 Å². The lowest BCUT2D eigenvalue weighted by atomic mass is 9.79. The summed E-state index contributed by atoms with van der Waals surface area (Å²) in [6.07, 6.45) is 2.98. The van der Waals surface area contributed by atoms with Crippen molar-refractivity contribution < 1.29 is 9.59 Å². The normalized spacial score (nSPS) is 18.7. The number of nitrogens with one attached hydrogen (secondary N) is 1. The number of aryl methyl sites for hydroxylation is 1. The van der Waals surface area contributed by atoms with Gasteiger partial charge in [-0.25, -0.2) is 0 Å². The Morgan fingerprint density at radius 1 is 1.03 bits per heavy atom. The van der Waals surface area contributed by atoms with E-state index in [0.29, 0.717) is 18.0 Å². The van der Waals surface area contributed by atoms with Crippen molar-refractivity contribution in [2.45, 2.75) is 32.2 Å². The molecule has 30 heavy (non-hydrogen) atoms. The largest absolute Gasteiger partial charge is 0.355 e. The molecule has 2 amide bonds. The van der Waals surface area contributed by atoms with E-state index in [1.165, 1.54) is 0 Å². The molecule has 1 aromatic heterocycles. The van der Waals surface area contributed by atoms with Gasteiger partial charge in [0, 0.05) is 48.9 Å². The Bertz CT molecular complexity index is 1100. The van der Waals surface area contributed by atoms with Gasteiger partial charge >= 0.3 is 0 Å². The van der Waals surface area contributed by atoms with Gasteiger partial charge in [-0.2, -0.15) is 0 Å². The molecule has 0 saturated heterocycles. The van der Waals surface area contributed by atoms with Crippen LogP contribution in [-0.2, 0) is 11.8 Å². The first-order valence-electron chi connectivity index (χ1n) is 10.6. The van der Waals surface area contributed by atoms with E-state index < -0.39 is 5.92 Å². The molecule has 4 rings (SSSR count). The molecular formula is C25H29N3O2. The summed E-state index contributed by atoms with van der Waals surface area (Å²) < 4.78 is 2.07. The quantitative estimate of drug-likeness (QED) is 0.692. The molecule has 0 radical (unpaired) electrons. The van der Waals surface area contributed by atoms with Crippen molar-refractivity contribution in [2.75, 3.05) is 13.6 Å². The highest BCUT2D eigenvalue weighted by Gasteiger charge is 2.43. The van der Waals surface area contributed by atoms with Gasteiger partial charge in [0.05, 0.1) is 12.0 Å². The van der Waals surface area contributed by atoms with Crippen molar-refractivity contribution in [2.24, 2.45) is 13.0 Å². The number of fused-ring (bicyclic) bond motifs is 2. The predicted molar refractivity (Wildman–Crippen MR) is 119 cm³/mol. The molecule has 156 valence electrons. The van der Waals surface area contributed by atoms with Gasteiger partial charge in [0.15, 0.2) is 0 Å². The summed E-state index contributed by atoms with van der Waals surface area (Å²) in [7, 11) is 3.81. The zero-order valence-corrected chi connectivity index (χ0v) is 18.1. The fraction of sp³-hybridized carbons (Fsp3) is 0.360. The van der Waals surface area contributed by atoms with Crippen LogP contribution in [0.15, 0.2) is 54.7 Å². The van der Waals surface area contributed by atoms with Crippen LogP contribution < -0.4 is 5.32 Å². The molecule has 5 heteroatoms. The van der Waals surface area contributed by atoms with E-state index in [1.54, 1.807) is 11.9 Å². The Balaban J connectivity index is 1.84. The first-order valence-corrected chi connectivity index (χ1v) is 10.6. The summed E-state index contributed by atoms with van der Waals surface area (Å²) in [5.74, 6) is -0.0147. The Morgan fingerprint density at radius 2 is 1.73 bits per heavy atom. The van der Waals surface area contributed by atoms with Gasteiger partial charge in [-0.1, -0.05) is 50.2 Å². The number of amides is 2. The Hall–Kier alpha value is -3.08. The number of hydrogen-bond acceptors (Lipinski definition) is 2. The van der Waals surface area contributed by atoms with Gasteiger partial charge < -0.3 is 14.8 Å². The molecule has 3 aromatic rings. The van der Waals surface area contributed by atoms with Crippen molar-refractivity contribution in [3.8, 4) is 0 Å². The molecule has 2 heterocycles. The zero-order valence-electron chi connectivity index (χ0n) is 18.1. The number of para-hydroxylation sites is 1. The first-order chi connectivity index (χ1) is 14.4. The number of benzene rings is 2. The molecule has 2 unspecified atom stereocenters. The molecule has 0 saturated carbocycles. The predicted octanol–water partition coefficient (Wildman–Crippen LogP) is 4.25. The Labute approximate surface area is 177 Å². The van der Waals surface area contributed by atoms with Crippen LogP contribution in [0.2, 0.25) is 0 Å². The van der Waals surface area contributed by atoms with Gasteiger partial charge in [-0.3, -0.25) is 9.59 Å². The third-order valence-corrected chi connectivity index (χ3v) is 6.13. The third kappa shape index (κ3) is 3.38. The van der Waals surface area contributed by atoms with Crippen molar-refractivity contribution in [3.05, 3.63) is 71.4 Å². The summed E-state index contributed by atoms with van der Waals surface area (Å²) >= 11 is 0. The minimum absolute atomic E-state index is 0.0274. The number of hydrogen-bond donors (Lipinski definition) is 1. The van der Waals surface area contributed by atoms with Gasteiger partial charge in [-0.15, -0.1) is 0 Å². The summed E-state index contributed by atoms with van der Waals surface area (Å²) in [5.41, 5.74) is 3.51. The van der Waals surface area contributed by atoms with Crippen LogP contribution >= 0.6 is 0 Å². The highest BCUT2D eigenvalue weighted by molar-refractivity contribution is 6.02. The standard InChI is InChI=1S/C25H29N3O2/c1-16(2)13-14-26-24(29)22-18-10-5-6-11-19(18)25(30)28(4)23(22)20-15-27(3)21-12-8-7-9-17(20)21/h5-12,15-16,22-23H,13-14H2,1-4H3,(H,26,29). The molecule has 2 atom stereocenters. The molecule has 2 aromatic carbocycles. The second-order valence-electron chi connectivity index (χ2n) is 8.61. The number of carbonyl (C=O) groups is 2. The van der Waals surface area contributed by atoms with E-state index in [0.717, 1.165) is 28.5 Å². The Morgan fingerprint density at radius 3 is 2.50 bits per heavy atom. The van der Waals surface area contributed by atoms with Crippen LogP contribution in [0.1, 0.15) is 53.7 Å². The monoisotopic (exact) mass is 403 g/mol. The number of nitrogens with zero attached hydrogens (tertiary/aromatic N) is 2. The Kier molecular flexibility index (Phi) is 5.37. The van der Waals surface area contributed by atoms with E-state index >= 15 is 0 Å². The zero-order chi connectivity index (χ0) is 21.4. The molecule has 0 fully saturated rings. The van der Waals surface area contributed by atoms with E-state index in [-0.39, 0.29) is 17.9 Å². The van der Waals surface area contributed by atoms with Crippen LogP contribution in [-0.4, -0.2) is 34.9 Å². The van der Waals surface area contributed by atoms with Crippen LogP contribution in [0.5, 0.6) is 0 Å². The molecule has 0 bridgehead atoms. The minimum Gasteiger partial charge on any atom is -0.355 e. The smallest absolute Gasteiger partial charge is 0.254 e. The highest BCUT2D eigenvalue weighted by Crippen LogP contribution is 2.44. The maximum absolute atomic E-state index is 13.5. The lowest BCUT2D eigenvalue weighted by Gasteiger charge is -2.39. The minimum atomic E-state index is -0.457. The van der Waals surface area contributed by atoms with Gasteiger partial charge in [-0.05, 0) is 30.0 Å². The van der Waals surface area contributed by atoms with E-state index in [2.05, 4.69) is 42.1 Å². The van der Waals surface area contributed by atoms with Crippen molar-refractivity contribution in [1.29, 1.82) is 0 Å². The summed E-state index contributed by atoms with van der Waals surface area (Å²) in [6, 6.07) is 15.3. The van der Waals surface area contributed by atoms with E-state index in [4.69, 9.17) is 0 Å². The van der Waals surface area contributed by atoms with Gasteiger partial charge in [0.1, 0.15) is 0 Å². The number of rotatable bonds is 5. The first kappa shape index (κ1) is 20.2. The highest BCUT2D eigenvalue weighted by atomic mass is 16.2. The average Bonchev–Trinajstić information content (AvgIpc) is 3.06. The summed E-state index contributed by atoms with van der Waals surface area (Å²) in [4.78, 5) is 28.4. The van der Waals surface area contributed by atoms with Crippen molar-refractivity contribution in [1.82, 2.24) is 14.8 Å². The van der Waals surface area contributed by atoms with E-state index in [1.807, 2.05) is 43.4 Å². The maximum atomic E-state index is 13.5. The molecule has 1 aliphatic heterocycles. The second-order valence-corrected chi connectivity index (χ2v) is 8.61. The topological polar surface area (TPSA) is 54.3 Å². The number of likely N-dealkylation sites (N-methyl/N-ethyl adjacent to an activating group) is 1. The van der Waals surface area contributed by atoms with Crippen molar-refractivity contribution in [3.63, 3.8) is 0 Å². The molecular weight excluding hydrogens is 374 g/mol. The molecule has 0 aliphatic carbocycles. The fourth-order valence-corrected chi connectivity index (χ4v) is 4.55. The fourth-order valence-electron chi connectivity index (χ4n) is 4.55.